The van der Waals surface area contributed by atoms with E-state index in [1.807, 2.05) is 38.1 Å². The number of halogens is 1. The van der Waals surface area contributed by atoms with Crippen molar-refractivity contribution in [2.75, 3.05) is 70.4 Å². The molecular formula is C90H156ClN17O18. The minimum Gasteiger partial charge on any atom is -0.492 e. The van der Waals surface area contributed by atoms with E-state index in [1.54, 1.807) is 104 Å². The number of rotatable bonds is 59. The number of hydrogen-bond acceptors (Lipinski definition) is 24. The summed E-state index contributed by atoms with van der Waals surface area (Å²) in [6, 6.07) is 3.38. The van der Waals surface area contributed by atoms with Crippen molar-refractivity contribution < 1.29 is 86.0 Å². The first-order valence-corrected chi connectivity index (χ1v) is 45.7. The zero-order chi connectivity index (χ0) is 94.6. The number of aliphatic imine (C=N–C) groups is 1. The van der Waals surface area contributed by atoms with E-state index in [2.05, 4.69) is 80.0 Å². The highest BCUT2D eigenvalue weighted by Crippen LogP contribution is 2.22. The molecule has 1 aromatic heterocycles. The molecule has 36 heteroatoms. The number of anilines is 2. The van der Waals surface area contributed by atoms with Crippen LogP contribution in [0.4, 0.5) is 35.6 Å². The highest BCUT2D eigenvalue weighted by Gasteiger charge is 2.31. The number of guanidine groups is 1. The molecule has 1 heterocycles. The second kappa shape index (κ2) is 59.5. The minimum absolute atomic E-state index is 0.0962. The van der Waals surface area contributed by atoms with Crippen LogP contribution in [0, 0.1) is 5.92 Å². The number of aromatic nitrogens is 2. The zero-order valence-corrected chi connectivity index (χ0v) is 79.6. The number of nitrogen functional groups attached to an aromatic ring is 2. The van der Waals surface area contributed by atoms with Gasteiger partial charge in [0, 0.05) is 58.0 Å². The summed E-state index contributed by atoms with van der Waals surface area (Å²) in [7, 11) is 0. The number of carbonyl (C=O) groups is 12. The van der Waals surface area contributed by atoms with Crippen molar-refractivity contribution in [1.29, 1.82) is 0 Å². The monoisotopic (exact) mass is 1800 g/mol. The first-order chi connectivity index (χ1) is 59.1. The van der Waals surface area contributed by atoms with Crippen molar-refractivity contribution in [3.63, 3.8) is 0 Å². The lowest BCUT2D eigenvalue weighted by Gasteiger charge is -2.25. The number of ether oxygens (including phenoxy) is 6. The van der Waals surface area contributed by atoms with Gasteiger partial charge in [-0.25, -0.2) is 33.9 Å². The van der Waals surface area contributed by atoms with E-state index in [1.165, 1.54) is 0 Å². The van der Waals surface area contributed by atoms with E-state index in [9.17, 15) is 57.5 Å². The first kappa shape index (κ1) is 113. The van der Waals surface area contributed by atoms with Gasteiger partial charge < -0.3 is 93.5 Å². The Bertz CT molecular complexity index is 3690. The van der Waals surface area contributed by atoms with Crippen LogP contribution in [-0.2, 0) is 58.9 Å². The quantitative estimate of drug-likeness (QED) is 0.0127. The van der Waals surface area contributed by atoms with Gasteiger partial charge in [-0.15, -0.1) is 0 Å². The Hall–Kier alpha value is -9.54. The van der Waals surface area contributed by atoms with Crippen molar-refractivity contribution in [1.82, 2.24) is 68.0 Å². The summed E-state index contributed by atoms with van der Waals surface area (Å²) in [5, 5.41) is 27.8. The van der Waals surface area contributed by atoms with Crippen molar-refractivity contribution >= 4 is 101 Å². The molecule has 0 spiro atoms. The maximum atomic E-state index is 14.1. The number of ketones is 2. The van der Waals surface area contributed by atoms with E-state index in [-0.39, 0.29) is 110 Å². The van der Waals surface area contributed by atoms with E-state index in [0.29, 0.717) is 148 Å². The highest BCUT2D eigenvalue weighted by molar-refractivity contribution is 6.31. The predicted octanol–water partition coefficient (Wildman–Crippen LogP) is 12.9. The molecule has 6 atom stereocenters. The zero-order valence-electron chi connectivity index (χ0n) is 78.9. The van der Waals surface area contributed by atoms with E-state index in [0.717, 1.165) is 56.9 Å². The van der Waals surface area contributed by atoms with Crippen molar-refractivity contribution in [2.45, 2.75) is 369 Å². The Morgan fingerprint density at radius 3 is 1.17 bits per heavy atom. The number of amides is 10. The molecule has 0 aliphatic carbocycles. The third-order valence-electron chi connectivity index (χ3n) is 19.3. The van der Waals surface area contributed by atoms with Crippen LogP contribution < -0.4 is 75.1 Å². The number of nitrogens with one attached hydrogen (secondary N) is 10. The molecule has 126 heavy (non-hydrogen) atoms. The third kappa shape index (κ3) is 55.1. The van der Waals surface area contributed by atoms with Crippen LogP contribution >= 0.6 is 11.6 Å². The van der Waals surface area contributed by atoms with Gasteiger partial charge in [-0.3, -0.25) is 48.8 Å². The van der Waals surface area contributed by atoms with Crippen LogP contribution in [0.2, 0.25) is 5.15 Å². The Balaban J connectivity index is 2.21. The molecule has 10 amide bonds. The summed E-state index contributed by atoms with van der Waals surface area (Å²) in [4.78, 5) is 173. The van der Waals surface area contributed by atoms with E-state index >= 15 is 0 Å². The molecule has 0 radical (unpaired) electrons. The van der Waals surface area contributed by atoms with E-state index < -0.39 is 106 Å². The second-order valence-electron chi connectivity index (χ2n) is 37.0. The predicted molar refractivity (Wildman–Crippen MR) is 490 cm³/mol. The van der Waals surface area contributed by atoms with Gasteiger partial charge in [-0.05, 0) is 237 Å². The van der Waals surface area contributed by atoms with Crippen LogP contribution in [0.15, 0.2) is 29.3 Å². The van der Waals surface area contributed by atoms with Gasteiger partial charge >= 0.3 is 30.5 Å². The van der Waals surface area contributed by atoms with Crippen molar-refractivity contribution in [2.24, 2.45) is 16.6 Å². The Morgan fingerprint density at radius 1 is 0.421 bits per heavy atom. The van der Waals surface area contributed by atoms with Crippen LogP contribution in [0.3, 0.4) is 0 Å². The molecule has 16 N–H and O–H groups in total. The minimum atomic E-state index is -1.00. The molecule has 2 rings (SSSR count). The van der Waals surface area contributed by atoms with E-state index in [4.69, 9.17) is 57.2 Å². The Kier molecular flexibility index (Phi) is 53.1. The van der Waals surface area contributed by atoms with Crippen LogP contribution in [-0.4, -0.2) is 210 Å². The maximum absolute atomic E-state index is 14.1. The SMILES string of the molecule is CCCCC[C@H](NC(=O)OC(C)(C)C)C(=O)NCCCC[C@H](NC(=O)OC(C)(C)C)C(=O)CCCCC[C@H](NC(=O)OC(C)(C)C)C(=O)NCCCN(CCCNC(=O)[C@H](CCCCCC(=O)[C@@H](C)CCCCNC(=O)[C@H](CCCCC)NC(=O)OC(C)(C)C)NC(=O)OC(C)(C)C)CCOc1ccc(CCCCN=C(N)NC(=O)c2nc(Cl)c(N)nc2N)cc1. The molecule has 0 bridgehead atoms. The van der Waals surface area contributed by atoms with Crippen LogP contribution in [0.5, 0.6) is 5.75 Å². The van der Waals surface area contributed by atoms with Gasteiger partial charge in [0.2, 0.25) is 23.6 Å². The Labute approximate surface area is 753 Å². The number of aryl methyl sites for hydroxylation is 1. The number of unbranched alkanes of at least 4 members (excludes halogenated alkanes) is 11. The molecule has 0 saturated carbocycles. The summed E-state index contributed by atoms with van der Waals surface area (Å²) in [6.07, 6.45) is 12.9. The lowest BCUT2D eigenvalue weighted by molar-refractivity contribution is -0.124. The molecule has 0 saturated heterocycles. The fraction of sp³-hybridized carbons (Fsp3) is 0.744. The summed E-state index contributed by atoms with van der Waals surface area (Å²) in [6.45, 7) is 35.2. The maximum Gasteiger partial charge on any atom is 0.408 e. The molecule has 0 aliphatic rings. The standard InChI is InChI=1S/C90H156ClN17O18/c1-19-21-25-42-65(101-82(117)123-87(7,8)9)75(111)95-52-34-31-39-61(3)69(109)46-29-23-27-44-67(103-84(119)125-89(13,14)15)77(113)97-55-37-57-108(59-60-121-63-50-48-62(49-51-63)40-32-35-54-99-80(94)107-79(115)71-73(92)106-74(93)72(91)105-71)58-38-56-98-78(114)68(104-85(120)126-90(16,17)18)45-28-24-30-47-70(110)64(100-81(116)122-86(4,5)6)41-33-36-53-96-76(112)66(43-26-22-20-2)102-83(118)124-88(10,11)12/h48-51,61,64-68H,19-47,52-60H2,1-18H3,(H,95,111)(H,96,112)(H,97,113)(H,98,114)(H,100,116)(H,101,117)(H,102,118)(H,103,119)(H,104,120)(H4,92,93,106)(H3,94,99,107,115)/t61-,64-,65-,66-,67-,68-/m0/s1. The molecular weight excluding hydrogens is 1640 g/mol. The lowest BCUT2D eigenvalue weighted by Crippen LogP contribution is -2.48. The second-order valence-corrected chi connectivity index (χ2v) is 37.4. The highest BCUT2D eigenvalue weighted by atomic mass is 35.5. The average Bonchev–Trinajstić information content (AvgIpc) is 0.833. The summed E-state index contributed by atoms with van der Waals surface area (Å²) in [5.74, 6) is -2.30. The van der Waals surface area contributed by atoms with Crippen molar-refractivity contribution in [3.8, 4) is 5.75 Å². The molecule has 1 aromatic carbocycles. The lowest BCUT2D eigenvalue weighted by atomic mass is 9.95. The molecule has 716 valence electrons. The van der Waals surface area contributed by atoms with Crippen LogP contribution in [0.1, 0.15) is 320 Å². The van der Waals surface area contributed by atoms with Gasteiger partial charge in [0.05, 0.1) is 6.04 Å². The molecule has 2 aromatic rings. The molecule has 0 fully saturated rings. The van der Waals surface area contributed by atoms with Gasteiger partial charge in [0.25, 0.3) is 5.91 Å². The Morgan fingerprint density at radius 2 is 0.778 bits per heavy atom. The van der Waals surface area contributed by atoms with Gasteiger partial charge in [0.1, 0.15) is 70.3 Å². The summed E-state index contributed by atoms with van der Waals surface area (Å²) < 4.78 is 33.7. The van der Waals surface area contributed by atoms with Gasteiger partial charge in [-0.2, -0.15) is 0 Å². The van der Waals surface area contributed by atoms with Crippen LogP contribution in [0.25, 0.3) is 0 Å². The largest absolute Gasteiger partial charge is 0.492 e. The number of alkyl carbamates (subject to hydrolysis) is 5. The normalized spacial score (nSPS) is 13.4. The number of nitrogens with two attached hydrogens (primary N) is 3. The van der Waals surface area contributed by atoms with Gasteiger partial charge in [0.15, 0.2) is 34.2 Å². The molecule has 0 aliphatic heterocycles. The first-order valence-electron chi connectivity index (χ1n) is 45.3. The third-order valence-corrected chi connectivity index (χ3v) is 19.6. The number of hydrogen-bond donors (Lipinski definition) is 13. The fourth-order valence-corrected chi connectivity index (χ4v) is 13.0. The topological polar surface area (TPSA) is 500 Å². The molecule has 35 nitrogen and oxygen atoms in total. The fourth-order valence-electron chi connectivity index (χ4n) is 12.9. The number of nitrogens with zero attached hydrogens (tertiary/aromatic N) is 4. The molecule has 0 unspecified atom stereocenters. The average molecular weight is 1800 g/mol. The summed E-state index contributed by atoms with van der Waals surface area (Å²) >= 11 is 5.93. The number of benzene rings is 1. The smallest absolute Gasteiger partial charge is 0.408 e. The number of Topliss-reactive ketones (excluding diaryl/α,β-unsaturated/α-hetero) is 2. The summed E-state index contributed by atoms with van der Waals surface area (Å²) in [5.41, 5.74) is 14.2. The van der Waals surface area contributed by atoms with Crippen molar-refractivity contribution in [3.05, 3.63) is 40.7 Å². The van der Waals surface area contributed by atoms with Gasteiger partial charge in [-0.1, -0.05) is 115 Å². The number of carbonyl (C=O) groups excluding carboxylic acids is 12.